The third-order valence-electron chi connectivity index (χ3n) is 5.62. The third kappa shape index (κ3) is 9.78. The normalized spacial score (nSPS) is 13.9. The van der Waals surface area contributed by atoms with Crippen molar-refractivity contribution in [3.8, 4) is 5.75 Å². The van der Waals surface area contributed by atoms with Gasteiger partial charge in [0.1, 0.15) is 23.4 Å². The Morgan fingerprint density at radius 1 is 1.06 bits per heavy atom. The minimum Gasteiger partial charge on any atom is -0.507 e. The van der Waals surface area contributed by atoms with Gasteiger partial charge in [-0.1, -0.05) is 51.3 Å². The van der Waals surface area contributed by atoms with Gasteiger partial charge in [0.05, 0.1) is 0 Å². The first-order valence-electron chi connectivity index (χ1n) is 12.7. The van der Waals surface area contributed by atoms with Crippen LogP contribution in [-0.2, 0) is 14.3 Å². The van der Waals surface area contributed by atoms with Gasteiger partial charge < -0.3 is 25.4 Å². The zero-order valence-electron chi connectivity index (χ0n) is 22.7. The number of carbonyl (C=O) groups is 3. The molecule has 0 heterocycles. The SMILES string of the molecule is CCCCCN(C(=O)C(C)NC(=O)OC(C)(C)C)C(C(=O)NC(C)CCC)c1cccc(C)c1O. The van der Waals surface area contributed by atoms with E-state index in [1.54, 1.807) is 52.8 Å². The van der Waals surface area contributed by atoms with Gasteiger partial charge in [-0.25, -0.2) is 4.79 Å². The highest BCUT2D eigenvalue weighted by atomic mass is 16.6. The van der Waals surface area contributed by atoms with Crippen LogP contribution in [0.4, 0.5) is 4.79 Å². The summed E-state index contributed by atoms with van der Waals surface area (Å²) >= 11 is 0. The zero-order valence-corrected chi connectivity index (χ0v) is 22.7. The van der Waals surface area contributed by atoms with Crippen LogP contribution >= 0.6 is 0 Å². The summed E-state index contributed by atoms with van der Waals surface area (Å²) in [6.07, 6.45) is 3.48. The molecule has 198 valence electrons. The lowest BCUT2D eigenvalue weighted by Gasteiger charge is -2.34. The number of phenolic OH excluding ortho intramolecular Hbond substituents is 1. The number of nitrogens with zero attached hydrogens (tertiary/aromatic N) is 1. The molecule has 3 N–H and O–H groups in total. The van der Waals surface area contributed by atoms with E-state index in [-0.39, 0.29) is 17.7 Å². The molecule has 0 aliphatic carbocycles. The summed E-state index contributed by atoms with van der Waals surface area (Å²) in [4.78, 5) is 41.0. The molecule has 0 aliphatic rings. The fourth-order valence-corrected chi connectivity index (χ4v) is 3.87. The Balaban J connectivity index is 3.40. The van der Waals surface area contributed by atoms with Crippen molar-refractivity contribution in [2.24, 2.45) is 0 Å². The van der Waals surface area contributed by atoms with Gasteiger partial charge in [-0.05, 0) is 59.9 Å². The first-order chi connectivity index (χ1) is 16.3. The largest absolute Gasteiger partial charge is 0.507 e. The molecule has 3 atom stereocenters. The number of ether oxygens (including phenoxy) is 1. The van der Waals surface area contributed by atoms with Crippen molar-refractivity contribution < 1.29 is 24.2 Å². The van der Waals surface area contributed by atoms with E-state index in [0.29, 0.717) is 24.1 Å². The van der Waals surface area contributed by atoms with Crippen LogP contribution in [0.2, 0.25) is 0 Å². The Morgan fingerprint density at radius 3 is 2.29 bits per heavy atom. The molecular weight excluding hydrogens is 446 g/mol. The van der Waals surface area contributed by atoms with Gasteiger partial charge in [0.15, 0.2) is 0 Å². The number of phenols is 1. The second-order valence-corrected chi connectivity index (χ2v) is 10.2. The van der Waals surface area contributed by atoms with Crippen LogP contribution < -0.4 is 10.6 Å². The van der Waals surface area contributed by atoms with Crippen molar-refractivity contribution in [1.29, 1.82) is 0 Å². The van der Waals surface area contributed by atoms with E-state index >= 15 is 0 Å². The number of aromatic hydroxyl groups is 1. The summed E-state index contributed by atoms with van der Waals surface area (Å²) in [6, 6.07) is 3.12. The number of unbranched alkanes of at least 4 members (excludes halogenated alkanes) is 2. The number of para-hydroxylation sites is 1. The Hall–Kier alpha value is -2.77. The van der Waals surface area contributed by atoms with Gasteiger partial charge in [-0.15, -0.1) is 0 Å². The first-order valence-corrected chi connectivity index (χ1v) is 12.7. The number of rotatable bonds is 12. The van der Waals surface area contributed by atoms with Crippen molar-refractivity contribution in [2.45, 2.75) is 111 Å². The van der Waals surface area contributed by atoms with Crippen LogP contribution in [0.5, 0.6) is 5.75 Å². The summed E-state index contributed by atoms with van der Waals surface area (Å²) in [5, 5.41) is 16.5. The molecule has 0 aromatic heterocycles. The van der Waals surface area contributed by atoms with Crippen molar-refractivity contribution in [1.82, 2.24) is 15.5 Å². The fourth-order valence-electron chi connectivity index (χ4n) is 3.87. The highest BCUT2D eigenvalue weighted by molar-refractivity contribution is 5.92. The lowest BCUT2D eigenvalue weighted by molar-refractivity contribution is -0.142. The summed E-state index contributed by atoms with van der Waals surface area (Å²) in [5.41, 5.74) is 0.266. The Kier molecular flexibility index (Phi) is 12.1. The maximum Gasteiger partial charge on any atom is 0.408 e. The van der Waals surface area contributed by atoms with Crippen molar-refractivity contribution in [2.75, 3.05) is 6.54 Å². The zero-order chi connectivity index (χ0) is 26.8. The maximum atomic E-state index is 13.7. The third-order valence-corrected chi connectivity index (χ3v) is 5.62. The van der Waals surface area contributed by atoms with Crippen LogP contribution in [0, 0.1) is 6.92 Å². The molecule has 0 bridgehead atoms. The maximum absolute atomic E-state index is 13.7. The molecule has 0 saturated carbocycles. The molecule has 1 aromatic carbocycles. The van der Waals surface area contributed by atoms with Crippen molar-refractivity contribution in [3.05, 3.63) is 29.3 Å². The highest BCUT2D eigenvalue weighted by Crippen LogP contribution is 2.32. The molecule has 0 aliphatic heterocycles. The van der Waals surface area contributed by atoms with Crippen molar-refractivity contribution >= 4 is 17.9 Å². The lowest BCUT2D eigenvalue weighted by atomic mass is 9.98. The number of aryl methyl sites for hydroxylation is 1. The van der Waals surface area contributed by atoms with E-state index in [4.69, 9.17) is 4.74 Å². The first kappa shape index (κ1) is 30.3. The molecule has 3 unspecified atom stereocenters. The Bertz CT molecular complexity index is 850. The van der Waals surface area contributed by atoms with E-state index in [0.717, 1.165) is 25.7 Å². The second-order valence-electron chi connectivity index (χ2n) is 10.2. The smallest absolute Gasteiger partial charge is 0.408 e. The molecule has 8 nitrogen and oxygen atoms in total. The van der Waals surface area contributed by atoms with Gasteiger partial charge in [-0.3, -0.25) is 9.59 Å². The molecule has 8 heteroatoms. The average Bonchev–Trinajstić information content (AvgIpc) is 2.74. The van der Waals surface area contributed by atoms with Crippen LogP contribution in [0.15, 0.2) is 18.2 Å². The molecule has 1 aromatic rings. The van der Waals surface area contributed by atoms with E-state index in [2.05, 4.69) is 17.6 Å². The van der Waals surface area contributed by atoms with Crippen LogP contribution in [0.25, 0.3) is 0 Å². The monoisotopic (exact) mass is 491 g/mol. The van der Waals surface area contributed by atoms with Gasteiger partial charge >= 0.3 is 6.09 Å². The predicted octanol–water partition coefficient (Wildman–Crippen LogP) is 4.98. The lowest BCUT2D eigenvalue weighted by Crippen LogP contribution is -2.52. The summed E-state index contributed by atoms with van der Waals surface area (Å²) in [6.45, 7) is 14.9. The molecule has 1 rings (SSSR count). The summed E-state index contributed by atoms with van der Waals surface area (Å²) in [7, 11) is 0. The quantitative estimate of drug-likeness (QED) is 0.358. The van der Waals surface area contributed by atoms with Crippen molar-refractivity contribution in [3.63, 3.8) is 0 Å². The molecular formula is C27H45N3O5. The topological polar surface area (TPSA) is 108 Å². The van der Waals surface area contributed by atoms with Crippen LogP contribution in [0.1, 0.15) is 97.7 Å². The fraction of sp³-hybridized carbons (Fsp3) is 0.667. The number of hydrogen-bond acceptors (Lipinski definition) is 5. The summed E-state index contributed by atoms with van der Waals surface area (Å²) < 4.78 is 5.30. The number of alkyl carbamates (subject to hydrolysis) is 1. The highest BCUT2D eigenvalue weighted by Gasteiger charge is 2.36. The van der Waals surface area contributed by atoms with Gasteiger partial charge in [0, 0.05) is 18.2 Å². The molecule has 3 amide bonds. The standard InChI is InChI=1S/C27H45N3O5/c1-9-11-12-17-30(25(33)20(5)29-26(34)35-27(6,7)8)22(24(32)28-19(4)14-10-2)21-16-13-15-18(3)23(21)31/h13,15-16,19-20,22,31H,9-12,14,17H2,1-8H3,(H,28,32)(H,29,34). The van der Waals surface area contributed by atoms with E-state index < -0.39 is 29.7 Å². The minimum absolute atomic E-state index is 0.0168. The number of benzene rings is 1. The van der Waals surface area contributed by atoms with Gasteiger partial charge in [-0.2, -0.15) is 0 Å². The number of nitrogens with one attached hydrogen (secondary N) is 2. The summed E-state index contributed by atoms with van der Waals surface area (Å²) in [5.74, 6) is -0.797. The minimum atomic E-state index is -1.04. The molecule has 0 saturated heterocycles. The molecule has 35 heavy (non-hydrogen) atoms. The number of amides is 3. The second kappa shape index (κ2) is 14.0. The van der Waals surface area contributed by atoms with Gasteiger partial charge in [0.2, 0.25) is 11.8 Å². The van der Waals surface area contributed by atoms with Crippen LogP contribution in [0.3, 0.4) is 0 Å². The van der Waals surface area contributed by atoms with E-state index in [1.165, 1.54) is 4.90 Å². The van der Waals surface area contributed by atoms with E-state index in [9.17, 15) is 19.5 Å². The van der Waals surface area contributed by atoms with E-state index in [1.807, 2.05) is 13.8 Å². The Morgan fingerprint density at radius 2 is 1.71 bits per heavy atom. The molecule has 0 radical (unpaired) electrons. The Labute approximate surface area is 210 Å². The number of carbonyl (C=O) groups excluding carboxylic acids is 3. The average molecular weight is 492 g/mol. The number of hydrogen-bond donors (Lipinski definition) is 3. The van der Waals surface area contributed by atoms with Crippen LogP contribution in [-0.4, -0.2) is 52.1 Å². The molecule has 0 spiro atoms. The molecule has 0 fully saturated rings. The predicted molar refractivity (Wildman–Crippen MR) is 138 cm³/mol. The van der Waals surface area contributed by atoms with Gasteiger partial charge in [0.25, 0.3) is 0 Å².